The molecule has 0 spiro atoms. The lowest BCUT2D eigenvalue weighted by Crippen LogP contribution is -2.50. The summed E-state index contributed by atoms with van der Waals surface area (Å²) < 4.78 is 6.16. The van der Waals surface area contributed by atoms with Crippen molar-refractivity contribution in [1.29, 1.82) is 5.26 Å². The second-order valence-corrected chi connectivity index (χ2v) is 7.32. The van der Waals surface area contributed by atoms with E-state index >= 15 is 0 Å². The normalized spacial score (nSPS) is 27.0. The van der Waals surface area contributed by atoms with E-state index in [-0.39, 0.29) is 18.3 Å². The first kappa shape index (κ1) is 17.2. The summed E-state index contributed by atoms with van der Waals surface area (Å²) >= 11 is 0. The SMILES string of the molecule is C[C@@H]1CN(c2ccc(C#N)c3ncccc23)C[C@@H](CN2CC[C@@H](O)C2)O1. The molecule has 0 unspecified atom stereocenters. The highest BCUT2D eigenvalue weighted by Crippen LogP contribution is 2.30. The first-order chi connectivity index (χ1) is 12.6. The van der Waals surface area contributed by atoms with Crippen molar-refractivity contribution >= 4 is 16.6 Å². The molecule has 2 aliphatic heterocycles. The maximum absolute atomic E-state index is 9.75. The zero-order chi connectivity index (χ0) is 18.1. The Morgan fingerprint density at radius 1 is 1.31 bits per heavy atom. The number of rotatable bonds is 3. The lowest BCUT2D eigenvalue weighted by molar-refractivity contribution is -0.0304. The molecular weight excluding hydrogens is 328 g/mol. The van der Waals surface area contributed by atoms with E-state index in [0.717, 1.165) is 55.7 Å². The highest BCUT2D eigenvalue weighted by Gasteiger charge is 2.30. The summed E-state index contributed by atoms with van der Waals surface area (Å²) in [4.78, 5) is 9.05. The van der Waals surface area contributed by atoms with Crippen LogP contribution in [-0.2, 0) is 4.74 Å². The van der Waals surface area contributed by atoms with E-state index < -0.39 is 0 Å². The summed E-state index contributed by atoms with van der Waals surface area (Å²) in [5.41, 5.74) is 2.47. The van der Waals surface area contributed by atoms with E-state index in [4.69, 9.17) is 4.74 Å². The number of anilines is 1. The third-order valence-corrected chi connectivity index (χ3v) is 5.24. The van der Waals surface area contributed by atoms with Crippen LogP contribution in [0.25, 0.3) is 10.9 Å². The molecule has 26 heavy (non-hydrogen) atoms. The summed E-state index contributed by atoms with van der Waals surface area (Å²) in [6.45, 7) is 6.21. The number of morpholine rings is 1. The summed E-state index contributed by atoms with van der Waals surface area (Å²) in [6, 6.07) is 10.1. The van der Waals surface area contributed by atoms with E-state index in [1.807, 2.05) is 24.3 Å². The van der Waals surface area contributed by atoms with Gasteiger partial charge >= 0.3 is 0 Å². The fraction of sp³-hybridized carbons (Fsp3) is 0.500. The van der Waals surface area contributed by atoms with Gasteiger partial charge in [-0.05, 0) is 37.6 Å². The number of aliphatic hydroxyl groups is 1. The van der Waals surface area contributed by atoms with Gasteiger partial charge in [0.2, 0.25) is 0 Å². The van der Waals surface area contributed by atoms with E-state index in [0.29, 0.717) is 5.56 Å². The fourth-order valence-electron chi connectivity index (χ4n) is 4.13. The summed E-state index contributed by atoms with van der Waals surface area (Å²) in [5.74, 6) is 0. The molecule has 2 saturated heterocycles. The molecule has 0 amide bonds. The highest BCUT2D eigenvalue weighted by molar-refractivity contribution is 5.95. The molecule has 1 N–H and O–H groups in total. The number of aliphatic hydroxyl groups excluding tert-OH is 1. The molecule has 2 fully saturated rings. The van der Waals surface area contributed by atoms with Gasteiger partial charge < -0.3 is 14.7 Å². The van der Waals surface area contributed by atoms with E-state index in [2.05, 4.69) is 27.8 Å². The van der Waals surface area contributed by atoms with Crippen LogP contribution in [0.1, 0.15) is 18.9 Å². The molecule has 6 heteroatoms. The number of likely N-dealkylation sites (tertiary alicyclic amines) is 1. The Hall–Kier alpha value is -2.20. The van der Waals surface area contributed by atoms with Crippen molar-refractivity contribution < 1.29 is 9.84 Å². The molecule has 0 saturated carbocycles. The fourth-order valence-corrected chi connectivity index (χ4v) is 4.13. The number of fused-ring (bicyclic) bond motifs is 1. The van der Waals surface area contributed by atoms with Crippen molar-refractivity contribution in [2.45, 2.75) is 31.7 Å². The maximum Gasteiger partial charge on any atom is 0.101 e. The van der Waals surface area contributed by atoms with Crippen molar-refractivity contribution in [2.75, 3.05) is 37.6 Å². The Morgan fingerprint density at radius 3 is 2.96 bits per heavy atom. The molecule has 3 atom stereocenters. The molecule has 2 aliphatic rings. The van der Waals surface area contributed by atoms with Gasteiger partial charge in [0, 0.05) is 50.0 Å². The van der Waals surface area contributed by atoms with Crippen LogP contribution in [0.3, 0.4) is 0 Å². The molecule has 1 aromatic carbocycles. The predicted octanol–water partition coefficient (Wildman–Crippen LogP) is 1.77. The van der Waals surface area contributed by atoms with Crippen LogP contribution in [0.15, 0.2) is 30.5 Å². The van der Waals surface area contributed by atoms with E-state index in [9.17, 15) is 10.4 Å². The topological polar surface area (TPSA) is 72.6 Å². The van der Waals surface area contributed by atoms with Gasteiger partial charge in [0.05, 0.1) is 29.4 Å². The zero-order valence-electron chi connectivity index (χ0n) is 15.0. The number of ether oxygens (including phenoxy) is 1. The molecule has 3 heterocycles. The third-order valence-electron chi connectivity index (χ3n) is 5.24. The number of nitriles is 1. The second kappa shape index (κ2) is 7.20. The van der Waals surface area contributed by atoms with Gasteiger partial charge in [0.15, 0.2) is 0 Å². The minimum Gasteiger partial charge on any atom is -0.392 e. The Labute approximate surface area is 153 Å². The number of pyridine rings is 1. The third kappa shape index (κ3) is 3.38. The van der Waals surface area contributed by atoms with Gasteiger partial charge in [-0.25, -0.2) is 0 Å². The van der Waals surface area contributed by atoms with Crippen LogP contribution in [0.2, 0.25) is 0 Å². The Balaban J connectivity index is 1.59. The largest absolute Gasteiger partial charge is 0.392 e. The van der Waals surface area contributed by atoms with Crippen molar-refractivity contribution in [3.8, 4) is 6.07 Å². The lowest BCUT2D eigenvalue weighted by Gasteiger charge is -2.40. The van der Waals surface area contributed by atoms with E-state index in [1.54, 1.807) is 6.20 Å². The highest BCUT2D eigenvalue weighted by atomic mass is 16.5. The minimum atomic E-state index is -0.208. The van der Waals surface area contributed by atoms with Gasteiger partial charge in [-0.1, -0.05) is 0 Å². The smallest absolute Gasteiger partial charge is 0.101 e. The average Bonchev–Trinajstić information content (AvgIpc) is 3.05. The summed E-state index contributed by atoms with van der Waals surface area (Å²) in [5, 5.41) is 20.1. The Kier molecular flexibility index (Phi) is 4.77. The molecular formula is C20H24N4O2. The molecule has 6 nitrogen and oxygen atoms in total. The Bertz CT molecular complexity index is 834. The van der Waals surface area contributed by atoms with Crippen LogP contribution < -0.4 is 4.90 Å². The molecule has 2 aromatic rings. The average molecular weight is 352 g/mol. The van der Waals surface area contributed by atoms with Gasteiger partial charge in [-0.15, -0.1) is 0 Å². The van der Waals surface area contributed by atoms with Gasteiger partial charge in [0.1, 0.15) is 6.07 Å². The van der Waals surface area contributed by atoms with Crippen LogP contribution in [-0.4, -0.2) is 66.0 Å². The standard InChI is InChI=1S/C20H24N4O2/c1-14-10-24(13-17(26-14)12-23-8-6-16(25)11-23)19-5-4-15(9-21)20-18(19)3-2-7-22-20/h2-5,7,14,16-17,25H,6,8,10-13H2,1H3/t14-,16-,17-/m1/s1. The van der Waals surface area contributed by atoms with Crippen LogP contribution in [0, 0.1) is 11.3 Å². The van der Waals surface area contributed by atoms with Crippen molar-refractivity contribution in [3.63, 3.8) is 0 Å². The number of hydrogen-bond donors (Lipinski definition) is 1. The first-order valence-corrected chi connectivity index (χ1v) is 9.22. The number of nitrogens with zero attached hydrogens (tertiary/aromatic N) is 4. The van der Waals surface area contributed by atoms with Gasteiger partial charge in [0.25, 0.3) is 0 Å². The second-order valence-electron chi connectivity index (χ2n) is 7.32. The zero-order valence-corrected chi connectivity index (χ0v) is 15.0. The van der Waals surface area contributed by atoms with Crippen molar-refractivity contribution in [3.05, 3.63) is 36.0 Å². The lowest BCUT2D eigenvalue weighted by atomic mass is 10.1. The van der Waals surface area contributed by atoms with Crippen LogP contribution in [0.5, 0.6) is 0 Å². The number of β-amino-alcohol motifs (C(OH)–C–C–N with tert-alkyl or cyclic N) is 1. The number of aromatic nitrogens is 1. The van der Waals surface area contributed by atoms with Crippen molar-refractivity contribution in [2.24, 2.45) is 0 Å². The maximum atomic E-state index is 9.75. The monoisotopic (exact) mass is 352 g/mol. The number of benzene rings is 1. The van der Waals surface area contributed by atoms with Crippen LogP contribution in [0.4, 0.5) is 5.69 Å². The minimum absolute atomic E-state index is 0.103. The van der Waals surface area contributed by atoms with Gasteiger partial charge in [-0.2, -0.15) is 5.26 Å². The molecule has 4 rings (SSSR count). The van der Waals surface area contributed by atoms with Crippen LogP contribution >= 0.6 is 0 Å². The quantitative estimate of drug-likeness (QED) is 0.908. The first-order valence-electron chi connectivity index (χ1n) is 9.22. The molecule has 136 valence electrons. The molecule has 0 radical (unpaired) electrons. The predicted molar refractivity (Wildman–Crippen MR) is 100 cm³/mol. The summed E-state index contributed by atoms with van der Waals surface area (Å²) in [6.07, 6.45) is 2.60. The molecule has 0 bridgehead atoms. The van der Waals surface area contributed by atoms with Crippen molar-refractivity contribution in [1.82, 2.24) is 9.88 Å². The number of hydrogen-bond acceptors (Lipinski definition) is 6. The molecule has 0 aliphatic carbocycles. The summed E-state index contributed by atoms with van der Waals surface area (Å²) in [7, 11) is 0. The Morgan fingerprint density at radius 2 is 2.19 bits per heavy atom. The van der Waals surface area contributed by atoms with Gasteiger partial charge in [-0.3, -0.25) is 9.88 Å². The van der Waals surface area contributed by atoms with E-state index in [1.165, 1.54) is 0 Å². The molecule has 1 aromatic heterocycles.